The molecule has 158 valence electrons. The largest absolute Gasteiger partial charge is 0.381 e. The van der Waals surface area contributed by atoms with Gasteiger partial charge < -0.3 is 14.2 Å². The summed E-state index contributed by atoms with van der Waals surface area (Å²) in [4.78, 5) is 18.6. The lowest BCUT2D eigenvalue weighted by molar-refractivity contribution is -0.144. The Morgan fingerprint density at radius 1 is 1.29 bits per heavy atom. The fourth-order valence-electron chi connectivity index (χ4n) is 3.67. The van der Waals surface area contributed by atoms with E-state index in [4.69, 9.17) is 9.26 Å². The van der Waals surface area contributed by atoms with Gasteiger partial charge in [0.15, 0.2) is 5.82 Å². The lowest BCUT2D eigenvalue weighted by Gasteiger charge is -2.45. The van der Waals surface area contributed by atoms with Gasteiger partial charge in [0.05, 0.1) is 12.3 Å². The van der Waals surface area contributed by atoms with Crippen molar-refractivity contribution >= 4 is 15.9 Å². The minimum atomic E-state index is -3.39. The fraction of sp³-hybridized carbons (Fsp3) is 0.833. The number of carbonyl (C=O) groups is 1. The predicted molar refractivity (Wildman–Crippen MR) is 102 cm³/mol. The van der Waals surface area contributed by atoms with Crippen LogP contribution in [0.25, 0.3) is 0 Å². The van der Waals surface area contributed by atoms with E-state index < -0.39 is 10.0 Å². The lowest BCUT2D eigenvalue weighted by atomic mass is 9.96. The van der Waals surface area contributed by atoms with E-state index in [0.29, 0.717) is 56.8 Å². The Bertz CT molecular complexity index is 767. The molecule has 1 aromatic heterocycles. The molecule has 10 heteroatoms. The van der Waals surface area contributed by atoms with Gasteiger partial charge in [-0.2, -0.15) is 9.29 Å². The molecule has 2 aliphatic rings. The first-order valence-electron chi connectivity index (χ1n) is 9.89. The highest BCUT2D eigenvalue weighted by Gasteiger charge is 2.40. The van der Waals surface area contributed by atoms with Crippen molar-refractivity contribution in [2.45, 2.75) is 45.6 Å². The van der Waals surface area contributed by atoms with Gasteiger partial charge in [-0.05, 0) is 18.8 Å². The molecule has 0 spiro atoms. The molecule has 0 N–H and O–H groups in total. The molecule has 3 rings (SSSR count). The molecule has 0 bridgehead atoms. The molecule has 1 aromatic rings. The zero-order valence-corrected chi connectivity index (χ0v) is 17.7. The monoisotopic (exact) mass is 414 g/mol. The molecular formula is C18H30N4O5S. The van der Waals surface area contributed by atoms with Crippen molar-refractivity contribution in [1.82, 2.24) is 19.3 Å². The van der Waals surface area contributed by atoms with E-state index in [-0.39, 0.29) is 24.4 Å². The molecule has 2 fully saturated rings. The average molecular weight is 415 g/mol. The highest BCUT2D eigenvalue weighted by molar-refractivity contribution is 7.88. The van der Waals surface area contributed by atoms with Crippen LogP contribution in [0.2, 0.25) is 0 Å². The quantitative estimate of drug-likeness (QED) is 0.617. The second-order valence-electron chi connectivity index (χ2n) is 8.11. The molecule has 0 saturated carbocycles. The predicted octanol–water partition coefficient (Wildman–Crippen LogP) is 0.710. The number of rotatable bonds is 8. The number of sulfonamides is 1. The summed E-state index contributed by atoms with van der Waals surface area (Å²) in [6.07, 6.45) is 3.78. The van der Waals surface area contributed by atoms with E-state index in [1.807, 2.05) is 0 Å². The smallest absolute Gasteiger partial charge is 0.226 e. The average Bonchev–Trinajstić information content (AvgIpc) is 3.02. The van der Waals surface area contributed by atoms with Gasteiger partial charge in [-0.15, -0.1) is 0 Å². The van der Waals surface area contributed by atoms with Crippen molar-refractivity contribution in [1.29, 1.82) is 0 Å². The zero-order valence-electron chi connectivity index (χ0n) is 16.8. The number of aromatic nitrogens is 2. The first-order chi connectivity index (χ1) is 13.2. The van der Waals surface area contributed by atoms with Crippen LogP contribution in [0, 0.1) is 11.8 Å². The molecule has 0 aliphatic carbocycles. The summed E-state index contributed by atoms with van der Waals surface area (Å²) in [5, 5.41) is 3.95. The summed E-state index contributed by atoms with van der Waals surface area (Å²) in [7, 11) is -3.39. The highest BCUT2D eigenvalue weighted by atomic mass is 32.2. The third-order valence-corrected chi connectivity index (χ3v) is 6.56. The van der Waals surface area contributed by atoms with E-state index in [1.54, 1.807) is 4.90 Å². The van der Waals surface area contributed by atoms with E-state index in [0.717, 1.165) is 12.8 Å². The van der Waals surface area contributed by atoms with Crippen molar-refractivity contribution < 1.29 is 22.5 Å². The summed E-state index contributed by atoms with van der Waals surface area (Å²) < 4.78 is 36.5. The second-order valence-corrected chi connectivity index (χ2v) is 10.0. The van der Waals surface area contributed by atoms with Crippen LogP contribution < -0.4 is 0 Å². The number of hydrogen-bond acceptors (Lipinski definition) is 7. The van der Waals surface area contributed by atoms with Gasteiger partial charge in [0.1, 0.15) is 0 Å². The Hall–Kier alpha value is -1.52. The van der Waals surface area contributed by atoms with Gasteiger partial charge in [-0.25, -0.2) is 8.42 Å². The van der Waals surface area contributed by atoms with E-state index in [2.05, 4.69) is 24.0 Å². The Labute approximate surface area is 166 Å². The fourth-order valence-corrected chi connectivity index (χ4v) is 4.77. The lowest BCUT2D eigenvalue weighted by Crippen LogP contribution is -2.63. The van der Waals surface area contributed by atoms with E-state index in [1.165, 1.54) is 10.6 Å². The topological polar surface area (TPSA) is 106 Å². The summed E-state index contributed by atoms with van der Waals surface area (Å²) in [6, 6.07) is -0.194. The van der Waals surface area contributed by atoms with E-state index in [9.17, 15) is 13.2 Å². The summed E-state index contributed by atoms with van der Waals surface area (Å²) >= 11 is 0. The van der Waals surface area contributed by atoms with Gasteiger partial charge in [0.2, 0.25) is 21.8 Å². The number of likely N-dealkylation sites (tertiary alicyclic amines) is 1. The maximum Gasteiger partial charge on any atom is 0.226 e. The van der Waals surface area contributed by atoms with Gasteiger partial charge in [-0.3, -0.25) is 4.79 Å². The van der Waals surface area contributed by atoms with Crippen molar-refractivity contribution in [3.63, 3.8) is 0 Å². The Kier molecular flexibility index (Phi) is 6.72. The molecule has 9 nitrogen and oxygen atoms in total. The Balaban J connectivity index is 1.54. The maximum atomic E-state index is 12.5. The summed E-state index contributed by atoms with van der Waals surface area (Å²) in [5.41, 5.74) is 0. The van der Waals surface area contributed by atoms with Gasteiger partial charge in [0, 0.05) is 51.6 Å². The highest BCUT2D eigenvalue weighted by Crippen LogP contribution is 2.24. The first-order valence-corrected chi connectivity index (χ1v) is 11.7. The van der Waals surface area contributed by atoms with Crippen LogP contribution in [0.3, 0.4) is 0 Å². The SMILES string of the molecule is CC(C)Cc1nc(CCN(C2CN(C(=O)C3CCOCC3)C2)S(C)(=O)=O)no1. The van der Waals surface area contributed by atoms with Crippen molar-refractivity contribution in [3.8, 4) is 0 Å². The van der Waals surface area contributed by atoms with Crippen molar-refractivity contribution in [2.75, 3.05) is 39.1 Å². The molecule has 0 aromatic carbocycles. The number of ether oxygens (including phenoxy) is 1. The zero-order chi connectivity index (χ0) is 20.3. The molecule has 3 heterocycles. The van der Waals surface area contributed by atoms with Crippen molar-refractivity contribution in [3.05, 3.63) is 11.7 Å². The molecule has 2 saturated heterocycles. The minimum absolute atomic E-state index is 0.0000854. The van der Waals surface area contributed by atoms with Gasteiger partial charge in [-0.1, -0.05) is 19.0 Å². The van der Waals surface area contributed by atoms with Crippen molar-refractivity contribution in [2.24, 2.45) is 11.8 Å². The van der Waals surface area contributed by atoms with Crippen LogP contribution in [-0.2, 0) is 32.4 Å². The number of hydrogen-bond donors (Lipinski definition) is 0. The molecule has 0 atom stereocenters. The Morgan fingerprint density at radius 2 is 1.96 bits per heavy atom. The standard InChI is InChI=1S/C18H30N4O5S/c1-13(2)10-17-19-16(20-27-17)4-7-22(28(3,24)25)15-11-21(12-15)18(23)14-5-8-26-9-6-14/h13-15H,4-12H2,1-3H3. The number of amides is 1. The maximum absolute atomic E-state index is 12.5. The van der Waals surface area contributed by atoms with Crippen LogP contribution >= 0.6 is 0 Å². The summed E-state index contributed by atoms with van der Waals surface area (Å²) in [6.45, 7) is 6.53. The van der Waals surface area contributed by atoms with Crippen LogP contribution in [-0.4, -0.2) is 78.8 Å². The van der Waals surface area contributed by atoms with Crippen LogP contribution in [0.5, 0.6) is 0 Å². The summed E-state index contributed by atoms with van der Waals surface area (Å²) in [5.74, 6) is 1.62. The molecule has 28 heavy (non-hydrogen) atoms. The van der Waals surface area contributed by atoms with Crippen LogP contribution in [0.1, 0.15) is 38.4 Å². The van der Waals surface area contributed by atoms with Gasteiger partial charge in [0.25, 0.3) is 0 Å². The Morgan fingerprint density at radius 3 is 2.57 bits per heavy atom. The van der Waals surface area contributed by atoms with Crippen LogP contribution in [0.15, 0.2) is 4.52 Å². The number of carbonyl (C=O) groups excluding carboxylic acids is 1. The second kappa shape index (κ2) is 8.87. The molecular weight excluding hydrogens is 384 g/mol. The third kappa shape index (κ3) is 5.30. The van der Waals surface area contributed by atoms with Crippen LogP contribution in [0.4, 0.5) is 0 Å². The number of nitrogens with zero attached hydrogens (tertiary/aromatic N) is 4. The molecule has 0 unspecified atom stereocenters. The normalized spacial score (nSPS) is 19.4. The molecule has 0 radical (unpaired) electrons. The molecule has 2 aliphatic heterocycles. The van der Waals surface area contributed by atoms with E-state index >= 15 is 0 Å². The molecule has 1 amide bonds. The first kappa shape index (κ1) is 21.2. The third-order valence-electron chi connectivity index (χ3n) is 5.23. The van der Waals surface area contributed by atoms with Gasteiger partial charge >= 0.3 is 0 Å². The minimum Gasteiger partial charge on any atom is -0.381 e.